The summed E-state index contributed by atoms with van der Waals surface area (Å²) < 4.78 is 29.8. The van der Waals surface area contributed by atoms with Gasteiger partial charge in [-0.25, -0.2) is 4.39 Å². The summed E-state index contributed by atoms with van der Waals surface area (Å²) in [6.07, 6.45) is 0. The van der Waals surface area contributed by atoms with Gasteiger partial charge in [0, 0.05) is 17.2 Å². The Bertz CT molecular complexity index is 616. The van der Waals surface area contributed by atoms with Gasteiger partial charge in [0.15, 0.2) is 11.6 Å². The molecule has 0 atom stereocenters. The fourth-order valence-electron chi connectivity index (χ4n) is 1.89. The third-order valence-electron chi connectivity index (χ3n) is 3.06. The lowest BCUT2D eigenvalue weighted by molar-refractivity contribution is 0.291. The van der Waals surface area contributed by atoms with Crippen LogP contribution >= 0.6 is 11.6 Å². The van der Waals surface area contributed by atoms with E-state index in [0.717, 1.165) is 5.56 Å². The Morgan fingerprint density at radius 1 is 1.00 bits per heavy atom. The highest BCUT2D eigenvalue weighted by atomic mass is 35.5. The van der Waals surface area contributed by atoms with E-state index < -0.39 is 5.82 Å². The quantitative estimate of drug-likeness (QED) is 0.750. The predicted octanol–water partition coefficient (Wildman–Crippen LogP) is 4.16. The van der Waals surface area contributed by atoms with E-state index in [1.165, 1.54) is 7.11 Å². The van der Waals surface area contributed by atoms with Crippen LogP contribution in [0.4, 0.5) is 4.39 Å². The fourth-order valence-corrected chi connectivity index (χ4v) is 2.11. The van der Waals surface area contributed by atoms with E-state index in [4.69, 9.17) is 25.8 Å². The number of halogens is 2. The van der Waals surface area contributed by atoms with Crippen molar-refractivity contribution in [2.75, 3.05) is 14.2 Å². The molecule has 0 N–H and O–H groups in total. The average molecular weight is 311 g/mol. The van der Waals surface area contributed by atoms with Crippen molar-refractivity contribution in [3.63, 3.8) is 0 Å². The molecule has 0 saturated carbocycles. The highest BCUT2D eigenvalue weighted by Gasteiger charge is 2.11. The van der Waals surface area contributed by atoms with Gasteiger partial charge in [-0.1, -0.05) is 18.2 Å². The number of ether oxygens (including phenoxy) is 3. The van der Waals surface area contributed by atoms with Gasteiger partial charge in [-0.05, 0) is 12.1 Å². The summed E-state index contributed by atoms with van der Waals surface area (Å²) in [5.41, 5.74) is 1.23. The van der Waals surface area contributed by atoms with E-state index in [2.05, 4.69) is 0 Å². The molecule has 0 spiro atoms. The number of hydrogen-bond donors (Lipinski definition) is 0. The molecular weight excluding hydrogens is 295 g/mol. The van der Waals surface area contributed by atoms with Crippen molar-refractivity contribution in [2.45, 2.75) is 12.5 Å². The van der Waals surface area contributed by atoms with Crippen LogP contribution in [0.3, 0.4) is 0 Å². The fraction of sp³-hybridized carbons (Fsp3) is 0.250. The highest BCUT2D eigenvalue weighted by Crippen LogP contribution is 2.28. The zero-order valence-electron chi connectivity index (χ0n) is 11.9. The van der Waals surface area contributed by atoms with E-state index in [1.54, 1.807) is 37.4 Å². The van der Waals surface area contributed by atoms with Gasteiger partial charge in [0.1, 0.15) is 18.1 Å². The van der Waals surface area contributed by atoms with Gasteiger partial charge in [-0.3, -0.25) is 0 Å². The first-order valence-electron chi connectivity index (χ1n) is 6.36. The van der Waals surface area contributed by atoms with Crippen molar-refractivity contribution in [2.24, 2.45) is 0 Å². The molecular formula is C16H16ClFO3. The summed E-state index contributed by atoms with van der Waals surface area (Å²) in [6, 6.07) is 10.3. The second-order valence-electron chi connectivity index (χ2n) is 4.33. The topological polar surface area (TPSA) is 27.7 Å². The van der Waals surface area contributed by atoms with Crippen LogP contribution in [0, 0.1) is 5.82 Å². The maximum atomic E-state index is 14.0. The molecule has 0 aliphatic heterocycles. The maximum absolute atomic E-state index is 14.0. The molecule has 0 unspecified atom stereocenters. The van der Waals surface area contributed by atoms with Crippen LogP contribution in [0.1, 0.15) is 11.1 Å². The van der Waals surface area contributed by atoms with Crippen molar-refractivity contribution in [3.05, 3.63) is 53.3 Å². The molecule has 112 valence electrons. The van der Waals surface area contributed by atoms with Crippen molar-refractivity contribution in [1.82, 2.24) is 0 Å². The molecule has 0 fully saturated rings. The third-order valence-corrected chi connectivity index (χ3v) is 3.35. The summed E-state index contributed by atoms with van der Waals surface area (Å²) in [7, 11) is 3.00. The Hall–Kier alpha value is -1.94. The predicted molar refractivity (Wildman–Crippen MR) is 79.8 cm³/mol. The van der Waals surface area contributed by atoms with Gasteiger partial charge in [0.05, 0.1) is 20.1 Å². The molecule has 0 aliphatic rings. The van der Waals surface area contributed by atoms with Crippen molar-refractivity contribution < 1.29 is 18.6 Å². The zero-order valence-corrected chi connectivity index (χ0v) is 12.6. The Labute approximate surface area is 128 Å². The van der Waals surface area contributed by atoms with Gasteiger partial charge in [-0.15, -0.1) is 11.6 Å². The molecule has 0 amide bonds. The summed E-state index contributed by atoms with van der Waals surface area (Å²) in [5, 5.41) is 0. The lowest BCUT2D eigenvalue weighted by Gasteiger charge is -2.13. The monoisotopic (exact) mass is 310 g/mol. The molecule has 0 heterocycles. The summed E-state index contributed by atoms with van der Waals surface area (Å²) >= 11 is 5.87. The standard InChI is InChI=1S/C16H16ClFO3/c1-19-13-7-6-11(9-17)15(8-13)21-10-12-4-3-5-14(20-2)16(12)18/h3-8H,9-10H2,1-2H3. The summed E-state index contributed by atoms with van der Waals surface area (Å²) in [4.78, 5) is 0. The van der Waals surface area contributed by atoms with Gasteiger partial charge in [0.25, 0.3) is 0 Å². The average Bonchev–Trinajstić information content (AvgIpc) is 2.53. The lowest BCUT2D eigenvalue weighted by Crippen LogP contribution is -2.02. The van der Waals surface area contributed by atoms with Crippen LogP contribution in [0.2, 0.25) is 0 Å². The molecule has 3 nitrogen and oxygen atoms in total. The molecule has 2 rings (SSSR count). The normalized spacial score (nSPS) is 10.3. The second-order valence-corrected chi connectivity index (χ2v) is 4.60. The van der Waals surface area contributed by atoms with Gasteiger partial charge < -0.3 is 14.2 Å². The largest absolute Gasteiger partial charge is 0.497 e. The van der Waals surface area contributed by atoms with Crippen molar-refractivity contribution in [3.8, 4) is 17.2 Å². The minimum atomic E-state index is -0.421. The first-order valence-corrected chi connectivity index (χ1v) is 6.90. The summed E-state index contributed by atoms with van der Waals surface area (Å²) in [6.45, 7) is 0.0834. The number of methoxy groups -OCH3 is 2. The Kier molecular flexibility index (Phi) is 5.28. The van der Waals surface area contributed by atoms with Crippen LogP contribution in [-0.4, -0.2) is 14.2 Å². The molecule has 2 aromatic carbocycles. The van der Waals surface area contributed by atoms with Crippen LogP contribution in [-0.2, 0) is 12.5 Å². The Balaban J connectivity index is 2.20. The van der Waals surface area contributed by atoms with E-state index in [1.807, 2.05) is 6.07 Å². The SMILES string of the molecule is COc1ccc(CCl)c(OCc2cccc(OC)c2F)c1. The number of alkyl halides is 1. The van der Waals surface area contributed by atoms with E-state index >= 15 is 0 Å². The molecule has 21 heavy (non-hydrogen) atoms. The minimum Gasteiger partial charge on any atom is -0.497 e. The van der Waals surface area contributed by atoms with Crippen LogP contribution in [0.25, 0.3) is 0 Å². The first-order chi connectivity index (χ1) is 10.2. The second kappa shape index (κ2) is 7.18. The van der Waals surface area contributed by atoms with Crippen molar-refractivity contribution >= 4 is 11.6 Å². The molecule has 0 radical (unpaired) electrons. The van der Waals surface area contributed by atoms with Crippen LogP contribution < -0.4 is 14.2 Å². The molecule has 0 saturated heterocycles. The van der Waals surface area contributed by atoms with Gasteiger partial charge in [-0.2, -0.15) is 0 Å². The lowest BCUT2D eigenvalue weighted by atomic mass is 10.2. The highest BCUT2D eigenvalue weighted by molar-refractivity contribution is 6.17. The van der Waals surface area contributed by atoms with E-state index in [-0.39, 0.29) is 12.4 Å². The van der Waals surface area contributed by atoms with E-state index in [0.29, 0.717) is 22.9 Å². The molecule has 0 bridgehead atoms. The Morgan fingerprint density at radius 3 is 2.48 bits per heavy atom. The van der Waals surface area contributed by atoms with E-state index in [9.17, 15) is 4.39 Å². The van der Waals surface area contributed by atoms with Crippen LogP contribution in [0.5, 0.6) is 17.2 Å². The van der Waals surface area contributed by atoms with Gasteiger partial charge in [0.2, 0.25) is 0 Å². The molecule has 0 aliphatic carbocycles. The molecule has 0 aromatic heterocycles. The zero-order chi connectivity index (χ0) is 15.2. The number of rotatable bonds is 6. The summed E-state index contributed by atoms with van der Waals surface area (Å²) in [5.74, 6) is 1.31. The minimum absolute atomic E-state index is 0.0834. The molecule has 5 heteroatoms. The van der Waals surface area contributed by atoms with Gasteiger partial charge >= 0.3 is 0 Å². The first kappa shape index (κ1) is 15.4. The van der Waals surface area contributed by atoms with Crippen molar-refractivity contribution in [1.29, 1.82) is 0 Å². The number of benzene rings is 2. The smallest absolute Gasteiger partial charge is 0.171 e. The molecule has 2 aromatic rings. The number of hydrogen-bond acceptors (Lipinski definition) is 3. The Morgan fingerprint density at radius 2 is 1.81 bits per heavy atom. The third kappa shape index (κ3) is 3.58. The van der Waals surface area contributed by atoms with Crippen LogP contribution in [0.15, 0.2) is 36.4 Å². The maximum Gasteiger partial charge on any atom is 0.171 e.